The minimum Gasteiger partial charge on any atom is -0.466 e. The molecule has 0 fully saturated rings. The van der Waals surface area contributed by atoms with Crippen LogP contribution in [0.1, 0.15) is 17.2 Å². The third-order valence-electron chi connectivity index (χ3n) is 2.62. The van der Waals surface area contributed by atoms with E-state index in [4.69, 9.17) is 11.1 Å². The molecule has 1 unspecified atom stereocenters. The van der Waals surface area contributed by atoms with Crippen molar-refractivity contribution in [1.82, 2.24) is 0 Å². The van der Waals surface area contributed by atoms with E-state index in [0.717, 1.165) is 37.5 Å². The van der Waals surface area contributed by atoms with Gasteiger partial charge in [-0.2, -0.15) is 13.2 Å². The van der Waals surface area contributed by atoms with Gasteiger partial charge < -0.3 is 4.74 Å². The van der Waals surface area contributed by atoms with Gasteiger partial charge in [0, 0.05) is 9.82 Å². The normalized spacial score (nSPS) is 12.6. The predicted octanol–water partition coefficient (Wildman–Crippen LogP) is 4.42. The van der Waals surface area contributed by atoms with E-state index in [9.17, 15) is 18.0 Å². The lowest BCUT2D eigenvalue weighted by molar-refractivity contribution is -0.138. The van der Waals surface area contributed by atoms with E-state index in [0.29, 0.717) is 0 Å². The van der Waals surface area contributed by atoms with Gasteiger partial charge in [-0.25, -0.2) is 4.79 Å². The highest BCUT2D eigenvalue weighted by atomic mass is 19.4. The fourth-order valence-electron chi connectivity index (χ4n) is 1.57. The van der Waals surface area contributed by atoms with Crippen LogP contribution < -0.4 is 0 Å². The van der Waals surface area contributed by atoms with E-state index in [1.165, 1.54) is 0 Å². The van der Waals surface area contributed by atoms with E-state index >= 15 is 0 Å². The molecule has 0 bridgehead atoms. The van der Waals surface area contributed by atoms with Gasteiger partial charge in [0.2, 0.25) is 0 Å². The Morgan fingerprint density at radius 1 is 1.26 bits per heavy atom. The molecule has 23 heavy (non-hydrogen) atoms. The van der Waals surface area contributed by atoms with Gasteiger partial charge in [0.05, 0.1) is 18.7 Å². The average Bonchev–Trinajstić information content (AvgIpc) is 2.52. The van der Waals surface area contributed by atoms with Crippen molar-refractivity contribution in [3.8, 4) is 0 Å². The monoisotopic (exact) mass is 326 g/mol. The lowest BCUT2D eigenvalue weighted by Gasteiger charge is -2.11. The van der Waals surface area contributed by atoms with Crippen LogP contribution in [0, 0.1) is 0 Å². The Kier molecular flexibility index (Phi) is 6.02. The van der Waals surface area contributed by atoms with Gasteiger partial charge in [-0.1, -0.05) is 28.4 Å². The van der Waals surface area contributed by atoms with E-state index in [2.05, 4.69) is 24.8 Å². The second kappa shape index (κ2) is 7.74. The summed E-state index contributed by atoms with van der Waals surface area (Å²) >= 11 is 0. The van der Waals surface area contributed by atoms with Gasteiger partial charge in [-0.15, -0.1) is 0 Å². The first-order chi connectivity index (χ1) is 10.8. The first-order valence-corrected chi connectivity index (χ1v) is 5.90. The van der Waals surface area contributed by atoms with E-state index < -0.39 is 29.4 Å². The van der Waals surface area contributed by atoms with Crippen LogP contribution >= 0.6 is 0 Å². The minimum absolute atomic E-state index is 0.172. The molecule has 0 aliphatic heterocycles. The number of nitrogens with zero attached hydrogens (tertiary/aromatic N) is 6. The van der Waals surface area contributed by atoms with Crippen molar-refractivity contribution < 1.29 is 22.7 Å². The van der Waals surface area contributed by atoms with Crippen LogP contribution in [0.4, 0.5) is 13.2 Å². The number of hydrogen-bond donors (Lipinski definition) is 0. The fourth-order valence-corrected chi connectivity index (χ4v) is 1.57. The second-order valence-corrected chi connectivity index (χ2v) is 4.00. The fraction of sp³-hybridized carbons (Fsp3) is 0.250. The first-order valence-electron chi connectivity index (χ1n) is 5.90. The number of carbonyl (C=O) groups is 1. The van der Waals surface area contributed by atoms with E-state index in [1.54, 1.807) is 0 Å². The number of esters is 1. The Morgan fingerprint density at radius 3 is 2.30 bits per heavy atom. The largest absolute Gasteiger partial charge is 0.466 e. The molecule has 11 heteroatoms. The molecule has 0 radical (unpaired) electrons. The summed E-state index contributed by atoms with van der Waals surface area (Å²) in [6, 6.07) is 2.62. The van der Waals surface area contributed by atoms with Crippen molar-refractivity contribution in [2.45, 2.75) is 12.2 Å². The van der Waals surface area contributed by atoms with Gasteiger partial charge >= 0.3 is 12.1 Å². The van der Waals surface area contributed by atoms with Crippen LogP contribution in [0.15, 0.2) is 46.3 Å². The molecule has 0 aromatic heterocycles. The zero-order valence-corrected chi connectivity index (χ0v) is 11.6. The van der Waals surface area contributed by atoms with Gasteiger partial charge in [0.1, 0.15) is 5.70 Å². The van der Waals surface area contributed by atoms with Crippen LogP contribution in [0.2, 0.25) is 0 Å². The molecule has 8 nitrogen and oxygen atoms in total. The zero-order valence-electron chi connectivity index (χ0n) is 11.6. The highest BCUT2D eigenvalue weighted by Crippen LogP contribution is 2.31. The maximum absolute atomic E-state index is 12.5. The molecular formula is C12H9F3N6O2. The molecular weight excluding hydrogens is 317 g/mol. The standard InChI is InChI=1S/C12H9F3N6O2/c1-23-11(22)10(19-21-17)6-9(18-20-16)7-2-4-8(5-3-7)12(13,14)15/h2-6,9H,1H3/b10-6-. The topological polar surface area (TPSA) is 124 Å². The van der Waals surface area contributed by atoms with Gasteiger partial charge in [0.15, 0.2) is 0 Å². The van der Waals surface area contributed by atoms with E-state index in [1.807, 2.05) is 0 Å². The number of carbonyl (C=O) groups excluding carboxylic acids is 1. The molecule has 1 aromatic rings. The smallest absolute Gasteiger partial charge is 0.416 e. The van der Waals surface area contributed by atoms with Crippen LogP contribution in [-0.4, -0.2) is 13.1 Å². The second-order valence-electron chi connectivity index (χ2n) is 4.00. The molecule has 0 amide bonds. The third kappa shape index (κ3) is 4.95. The van der Waals surface area contributed by atoms with Gasteiger partial charge in [0.25, 0.3) is 0 Å². The highest BCUT2D eigenvalue weighted by Gasteiger charge is 2.30. The van der Waals surface area contributed by atoms with Crippen LogP contribution in [-0.2, 0) is 15.7 Å². The number of alkyl halides is 3. The van der Waals surface area contributed by atoms with Gasteiger partial charge in [-0.3, -0.25) is 0 Å². The molecule has 1 atom stereocenters. The molecule has 0 saturated carbocycles. The number of rotatable bonds is 5. The molecule has 1 aromatic carbocycles. The summed E-state index contributed by atoms with van der Waals surface area (Å²) in [6.07, 6.45) is -3.52. The zero-order chi connectivity index (χ0) is 17.5. The van der Waals surface area contributed by atoms with Crippen molar-refractivity contribution in [3.63, 3.8) is 0 Å². The number of azide groups is 2. The number of methoxy groups -OCH3 is 1. The molecule has 0 saturated heterocycles. The predicted molar refractivity (Wildman–Crippen MR) is 72.6 cm³/mol. The first kappa shape index (κ1) is 17.9. The maximum atomic E-state index is 12.5. The molecule has 0 aliphatic carbocycles. The van der Waals surface area contributed by atoms with Crippen molar-refractivity contribution in [2.24, 2.45) is 10.2 Å². The Hall–Kier alpha value is -3.16. The Bertz CT molecular complexity index is 701. The number of benzene rings is 1. The number of halogens is 3. The van der Waals surface area contributed by atoms with Crippen molar-refractivity contribution in [1.29, 1.82) is 0 Å². The lowest BCUT2D eigenvalue weighted by Crippen LogP contribution is -2.06. The summed E-state index contributed by atoms with van der Waals surface area (Å²) in [6.45, 7) is 0. The number of hydrogen-bond acceptors (Lipinski definition) is 4. The van der Waals surface area contributed by atoms with Gasteiger partial charge in [-0.05, 0) is 28.8 Å². The number of ether oxygens (including phenoxy) is 1. The summed E-state index contributed by atoms with van der Waals surface area (Å²) in [5.41, 5.74) is 15.8. The molecule has 1 rings (SSSR count). The van der Waals surface area contributed by atoms with E-state index in [-0.39, 0.29) is 5.56 Å². The molecule has 0 spiro atoms. The third-order valence-corrected chi connectivity index (χ3v) is 2.62. The quantitative estimate of drug-likeness (QED) is 0.261. The molecule has 120 valence electrons. The Labute approximate surface area is 127 Å². The summed E-state index contributed by atoms with van der Waals surface area (Å²) in [5.74, 6) is -0.979. The van der Waals surface area contributed by atoms with Crippen LogP contribution in [0.5, 0.6) is 0 Å². The SMILES string of the molecule is COC(=O)/C(=C/C(N=[N+]=[N-])c1ccc(C(F)(F)F)cc1)N=[N+]=[N-]. The maximum Gasteiger partial charge on any atom is 0.416 e. The molecule has 0 aliphatic rings. The lowest BCUT2D eigenvalue weighted by atomic mass is 10.0. The summed E-state index contributed by atoms with van der Waals surface area (Å²) in [4.78, 5) is 16.4. The van der Waals surface area contributed by atoms with Crippen molar-refractivity contribution >= 4 is 5.97 Å². The van der Waals surface area contributed by atoms with Crippen molar-refractivity contribution in [2.75, 3.05) is 7.11 Å². The summed E-state index contributed by atoms with van der Waals surface area (Å²) in [7, 11) is 1.05. The average molecular weight is 326 g/mol. The summed E-state index contributed by atoms with van der Waals surface area (Å²) < 4.78 is 41.9. The van der Waals surface area contributed by atoms with Crippen LogP contribution in [0.3, 0.4) is 0 Å². The molecule has 0 N–H and O–H groups in total. The summed E-state index contributed by atoms with van der Waals surface area (Å²) in [5, 5.41) is 6.46. The molecule has 0 heterocycles. The highest BCUT2D eigenvalue weighted by molar-refractivity contribution is 5.88. The minimum atomic E-state index is -4.51. The van der Waals surface area contributed by atoms with Crippen LogP contribution in [0.25, 0.3) is 20.9 Å². The Morgan fingerprint density at radius 2 is 1.87 bits per heavy atom. The van der Waals surface area contributed by atoms with Crippen molar-refractivity contribution in [3.05, 3.63) is 68.1 Å². The Balaban J connectivity index is 3.28.